The maximum absolute atomic E-state index is 13.8. The Morgan fingerprint density at radius 1 is 0.884 bits per heavy atom. The Morgan fingerprint density at radius 3 is 2.12 bits per heavy atom. The molecule has 244 valence electrons. The summed E-state index contributed by atoms with van der Waals surface area (Å²) in [5.74, 6) is -0.468. The summed E-state index contributed by atoms with van der Waals surface area (Å²) in [6.07, 6.45) is -9.36. The highest BCUT2D eigenvalue weighted by molar-refractivity contribution is 7.92. The standard InChI is InChI=1S/C32H44F6O4S/c1-19(26(17-27(39)31(33,34)35)43(41,42)21-7-5-4-6-8-21)23-11-12-24-22-10-9-20-18-30(40,32(36,37)38)16-15-28(20,2)25(22)13-14-29(23,24)3/h4-8,19-20,22-27,39-40H,9-18H2,1-3H3/t19-,20+,22+,23+,24+,25?,26?,27?,28+,29-,30+/m1/s1. The van der Waals surface area contributed by atoms with E-state index in [9.17, 15) is 45.0 Å². The highest BCUT2D eigenvalue weighted by Gasteiger charge is 2.65. The van der Waals surface area contributed by atoms with Gasteiger partial charge in [0.1, 0.15) is 0 Å². The third-order valence-corrected chi connectivity index (χ3v) is 15.2. The van der Waals surface area contributed by atoms with Crippen molar-refractivity contribution in [1.82, 2.24) is 0 Å². The van der Waals surface area contributed by atoms with Gasteiger partial charge in [-0.05, 0) is 123 Å². The lowest BCUT2D eigenvalue weighted by Gasteiger charge is -2.62. The lowest BCUT2D eigenvalue weighted by Crippen LogP contribution is -2.59. The van der Waals surface area contributed by atoms with E-state index in [4.69, 9.17) is 0 Å². The SMILES string of the molecule is C[C@@H](C(CC(O)C(F)(F)F)S(=O)(=O)c1ccccc1)[C@@H]1CC[C@H]2[C@@H]3CC[C@H]4C[C@](O)(C(F)(F)F)CC[C@]4(C)C3CC[C@@]21C. The molecule has 4 saturated carbocycles. The van der Waals surface area contributed by atoms with Crippen molar-refractivity contribution in [3.63, 3.8) is 0 Å². The minimum atomic E-state index is -4.95. The van der Waals surface area contributed by atoms with Crippen molar-refractivity contribution in [3.05, 3.63) is 30.3 Å². The van der Waals surface area contributed by atoms with Gasteiger partial charge < -0.3 is 10.2 Å². The first-order valence-corrected chi connectivity index (χ1v) is 17.1. The molecule has 0 aromatic heterocycles. The first kappa shape index (κ1) is 33.0. The molecule has 3 unspecified atom stereocenters. The molecule has 1 aromatic rings. The maximum Gasteiger partial charge on any atom is 0.417 e. The van der Waals surface area contributed by atoms with Crippen LogP contribution < -0.4 is 0 Å². The van der Waals surface area contributed by atoms with Crippen LogP contribution in [0.15, 0.2) is 35.2 Å². The smallest absolute Gasteiger partial charge is 0.384 e. The summed E-state index contributed by atoms with van der Waals surface area (Å²) in [5.41, 5.74) is -3.32. The summed E-state index contributed by atoms with van der Waals surface area (Å²) in [7, 11) is -4.21. The number of aliphatic hydroxyl groups excluding tert-OH is 1. The number of halogens is 6. The molecule has 2 N–H and O–H groups in total. The Morgan fingerprint density at radius 2 is 1.51 bits per heavy atom. The third-order valence-electron chi connectivity index (χ3n) is 12.9. The zero-order valence-electron chi connectivity index (χ0n) is 25.0. The van der Waals surface area contributed by atoms with E-state index in [-0.39, 0.29) is 58.2 Å². The van der Waals surface area contributed by atoms with Crippen LogP contribution in [0.1, 0.15) is 85.0 Å². The molecule has 0 bridgehead atoms. The fourth-order valence-electron chi connectivity index (χ4n) is 10.4. The number of benzene rings is 1. The van der Waals surface area contributed by atoms with Crippen LogP contribution in [0.2, 0.25) is 0 Å². The molecule has 5 rings (SSSR count). The Kier molecular flexibility index (Phi) is 8.37. The molecule has 11 atom stereocenters. The highest BCUT2D eigenvalue weighted by atomic mass is 32.2. The Bertz CT molecular complexity index is 1270. The number of alkyl halides is 6. The van der Waals surface area contributed by atoms with Gasteiger partial charge in [0.15, 0.2) is 21.5 Å². The minimum Gasteiger partial charge on any atom is -0.384 e. The molecular weight excluding hydrogens is 594 g/mol. The van der Waals surface area contributed by atoms with Crippen LogP contribution in [-0.2, 0) is 9.84 Å². The van der Waals surface area contributed by atoms with Gasteiger partial charge in [0.25, 0.3) is 0 Å². The summed E-state index contributed by atoms with van der Waals surface area (Å²) in [6, 6.07) is 7.45. The van der Waals surface area contributed by atoms with Gasteiger partial charge in [-0.2, -0.15) is 26.3 Å². The molecule has 4 aliphatic carbocycles. The molecule has 4 fully saturated rings. The van der Waals surface area contributed by atoms with Gasteiger partial charge in [0, 0.05) is 0 Å². The van der Waals surface area contributed by atoms with Gasteiger partial charge in [0.05, 0.1) is 10.1 Å². The minimum absolute atomic E-state index is 0.0630. The van der Waals surface area contributed by atoms with E-state index in [0.29, 0.717) is 19.3 Å². The predicted octanol–water partition coefficient (Wildman–Crippen LogP) is 7.73. The highest BCUT2D eigenvalue weighted by Crippen LogP contribution is 2.69. The van der Waals surface area contributed by atoms with E-state index in [2.05, 4.69) is 13.8 Å². The molecule has 11 heteroatoms. The van der Waals surface area contributed by atoms with Crippen molar-refractivity contribution < 1.29 is 45.0 Å². The molecule has 4 aliphatic rings. The molecule has 0 radical (unpaired) electrons. The lowest BCUT2D eigenvalue weighted by atomic mass is 9.43. The number of fused-ring (bicyclic) bond motifs is 5. The maximum atomic E-state index is 13.8. The average Bonchev–Trinajstić information content (AvgIpc) is 3.28. The molecule has 0 spiro atoms. The van der Waals surface area contributed by atoms with Crippen molar-refractivity contribution >= 4 is 9.84 Å². The normalized spacial score (nSPS) is 40.6. The van der Waals surface area contributed by atoms with Crippen LogP contribution >= 0.6 is 0 Å². The Labute approximate surface area is 250 Å². The molecule has 0 amide bonds. The van der Waals surface area contributed by atoms with Crippen molar-refractivity contribution in [2.45, 2.75) is 119 Å². The second-order valence-electron chi connectivity index (χ2n) is 14.7. The first-order chi connectivity index (χ1) is 19.8. The summed E-state index contributed by atoms with van der Waals surface area (Å²) < 4.78 is 109. The lowest BCUT2D eigenvalue weighted by molar-refractivity contribution is -0.290. The van der Waals surface area contributed by atoms with E-state index in [1.165, 1.54) is 24.3 Å². The number of rotatable bonds is 6. The van der Waals surface area contributed by atoms with Gasteiger partial charge in [-0.1, -0.05) is 39.0 Å². The largest absolute Gasteiger partial charge is 0.417 e. The van der Waals surface area contributed by atoms with Crippen LogP contribution in [0.4, 0.5) is 26.3 Å². The van der Waals surface area contributed by atoms with E-state index in [1.54, 1.807) is 13.0 Å². The number of hydrogen-bond acceptors (Lipinski definition) is 4. The topological polar surface area (TPSA) is 74.6 Å². The Balaban J connectivity index is 1.41. The monoisotopic (exact) mass is 638 g/mol. The molecule has 0 heterocycles. The third kappa shape index (κ3) is 5.45. The quantitative estimate of drug-likeness (QED) is 0.313. The zero-order chi connectivity index (χ0) is 31.8. The zero-order valence-corrected chi connectivity index (χ0v) is 25.8. The number of sulfone groups is 1. The fourth-order valence-corrected chi connectivity index (χ4v) is 12.5. The molecule has 0 aliphatic heterocycles. The first-order valence-electron chi connectivity index (χ1n) is 15.6. The number of aliphatic hydroxyl groups is 2. The van der Waals surface area contributed by atoms with Gasteiger partial charge >= 0.3 is 12.4 Å². The van der Waals surface area contributed by atoms with Crippen LogP contribution in [0, 0.1) is 46.3 Å². The summed E-state index contributed by atoms with van der Waals surface area (Å²) >= 11 is 0. The van der Waals surface area contributed by atoms with Crippen molar-refractivity contribution in [1.29, 1.82) is 0 Å². The molecule has 4 nitrogen and oxygen atoms in total. The molecule has 1 aromatic carbocycles. The van der Waals surface area contributed by atoms with Crippen LogP contribution in [0.25, 0.3) is 0 Å². The summed E-state index contributed by atoms with van der Waals surface area (Å²) in [6.45, 7) is 5.94. The molecule has 43 heavy (non-hydrogen) atoms. The summed E-state index contributed by atoms with van der Waals surface area (Å²) in [5, 5.41) is 19.1. The van der Waals surface area contributed by atoms with Crippen molar-refractivity contribution in [3.8, 4) is 0 Å². The average molecular weight is 639 g/mol. The summed E-state index contributed by atoms with van der Waals surface area (Å²) in [4.78, 5) is -0.0630. The van der Waals surface area contributed by atoms with Crippen LogP contribution in [0.5, 0.6) is 0 Å². The second kappa shape index (κ2) is 10.9. The van der Waals surface area contributed by atoms with Crippen LogP contribution in [-0.4, -0.2) is 47.9 Å². The number of hydrogen-bond donors (Lipinski definition) is 2. The molecule has 0 saturated heterocycles. The Hall–Kier alpha value is -1.33. The van der Waals surface area contributed by atoms with Gasteiger partial charge in [-0.25, -0.2) is 8.42 Å². The van der Waals surface area contributed by atoms with E-state index in [1.807, 2.05) is 0 Å². The van der Waals surface area contributed by atoms with E-state index in [0.717, 1.165) is 25.7 Å². The van der Waals surface area contributed by atoms with Gasteiger partial charge in [-0.15, -0.1) is 0 Å². The van der Waals surface area contributed by atoms with Gasteiger partial charge in [-0.3, -0.25) is 0 Å². The van der Waals surface area contributed by atoms with Crippen molar-refractivity contribution in [2.24, 2.45) is 46.3 Å². The van der Waals surface area contributed by atoms with Crippen molar-refractivity contribution in [2.75, 3.05) is 0 Å². The van der Waals surface area contributed by atoms with Gasteiger partial charge in [0.2, 0.25) is 0 Å². The van der Waals surface area contributed by atoms with E-state index < -0.39 is 51.5 Å². The predicted molar refractivity (Wildman–Crippen MR) is 149 cm³/mol. The van der Waals surface area contributed by atoms with Crippen LogP contribution in [0.3, 0.4) is 0 Å². The van der Waals surface area contributed by atoms with E-state index >= 15 is 0 Å². The molecular formula is C32H44F6O4S. The fraction of sp³-hybridized carbons (Fsp3) is 0.812. The second-order valence-corrected chi connectivity index (χ2v) is 16.8.